The Bertz CT molecular complexity index is 686. The van der Waals surface area contributed by atoms with Gasteiger partial charge in [-0.1, -0.05) is 28.1 Å². The van der Waals surface area contributed by atoms with E-state index < -0.39 is 6.10 Å². The molecule has 23 heavy (non-hydrogen) atoms. The molecule has 3 rings (SSSR count). The molecular weight excluding hydrogens is 362 g/mol. The van der Waals surface area contributed by atoms with Gasteiger partial charge in [-0.25, -0.2) is 0 Å². The van der Waals surface area contributed by atoms with Crippen molar-refractivity contribution in [3.63, 3.8) is 0 Å². The lowest BCUT2D eigenvalue weighted by Crippen LogP contribution is -2.47. The van der Waals surface area contributed by atoms with Crippen LogP contribution in [-0.4, -0.2) is 57.0 Å². The summed E-state index contributed by atoms with van der Waals surface area (Å²) < 4.78 is 0.980. The van der Waals surface area contributed by atoms with Crippen molar-refractivity contribution in [2.45, 2.75) is 12.5 Å². The van der Waals surface area contributed by atoms with Crippen molar-refractivity contribution in [1.82, 2.24) is 15.1 Å². The first-order valence-electron chi connectivity index (χ1n) is 7.48. The van der Waals surface area contributed by atoms with Crippen molar-refractivity contribution in [2.24, 2.45) is 5.92 Å². The zero-order chi connectivity index (χ0) is 16.4. The average Bonchev–Trinajstić information content (AvgIpc) is 3.04. The third-order valence-electron chi connectivity index (χ3n) is 4.19. The number of aromatic amines is 1. The van der Waals surface area contributed by atoms with E-state index in [-0.39, 0.29) is 25.0 Å². The monoisotopic (exact) mass is 379 g/mol. The smallest absolute Gasteiger partial charge is 0.271 e. The van der Waals surface area contributed by atoms with Crippen LogP contribution in [0.25, 0.3) is 11.3 Å². The van der Waals surface area contributed by atoms with Gasteiger partial charge in [0.2, 0.25) is 0 Å². The van der Waals surface area contributed by atoms with Crippen molar-refractivity contribution in [3.05, 3.63) is 40.5 Å². The molecule has 3 N–H and O–H groups in total. The minimum absolute atomic E-state index is 0.0546. The molecule has 0 radical (unpaired) electrons. The van der Waals surface area contributed by atoms with E-state index in [1.807, 2.05) is 24.3 Å². The molecule has 6 nitrogen and oxygen atoms in total. The van der Waals surface area contributed by atoms with Gasteiger partial charge < -0.3 is 15.1 Å². The summed E-state index contributed by atoms with van der Waals surface area (Å²) in [6.07, 6.45) is -0.0940. The van der Waals surface area contributed by atoms with E-state index >= 15 is 0 Å². The van der Waals surface area contributed by atoms with Crippen LogP contribution in [0.1, 0.15) is 16.9 Å². The molecule has 1 amide bonds. The number of aromatic nitrogens is 2. The van der Waals surface area contributed by atoms with Gasteiger partial charge in [0, 0.05) is 35.7 Å². The van der Waals surface area contributed by atoms with Crippen LogP contribution < -0.4 is 0 Å². The van der Waals surface area contributed by atoms with E-state index in [0.717, 1.165) is 10.0 Å². The average molecular weight is 380 g/mol. The first kappa shape index (κ1) is 16.2. The summed E-state index contributed by atoms with van der Waals surface area (Å²) >= 11 is 3.38. The number of β-amino-alcohol motifs (C(OH)–C–C–N with tert-alkyl or cyclic N) is 1. The molecular formula is C16H18BrN3O3. The number of benzene rings is 1. The molecule has 7 heteroatoms. The van der Waals surface area contributed by atoms with Crippen molar-refractivity contribution >= 4 is 21.8 Å². The van der Waals surface area contributed by atoms with E-state index in [4.69, 9.17) is 5.11 Å². The second-order valence-corrected chi connectivity index (χ2v) is 6.64. The zero-order valence-corrected chi connectivity index (χ0v) is 14.0. The van der Waals surface area contributed by atoms with Gasteiger partial charge in [-0.3, -0.25) is 9.89 Å². The van der Waals surface area contributed by atoms with Gasteiger partial charge in [-0.15, -0.1) is 0 Å². The highest BCUT2D eigenvalue weighted by Gasteiger charge is 2.30. The normalized spacial score (nSPS) is 21.4. The number of H-pyrrole nitrogens is 1. The van der Waals surface area contributed by atoms with Gasteiger partial charge in [0.15, 0.2) is 0 Å². The lowest BCUT2D eigenvalue weighted by atomic mass is 9.94. The Morgan fingerprint density at radius 1 is 1.39 bits per heavy atom. The summed E-state index contributed by atoms with van der Waals surface area (Å²) in [5, 5.41) is 26.1. The molecule has 0 aliphatic carbocycles. The highest BCUT2D eigenvalue weighted by Crippen LogP contribution is 2.22. The van der Waals surface area contributed by atoms with Gasteiger partial charge in [0.1, 0.15) is 5.69 Å². The molecule has 1 saturated heterocycles. The fraction of sp³-hybridized carbons (Fsp3) is 0.375. The molecule has 1 aromatic carbocycles. The number of carbonyl (C=O) groups excluding carboxylic acids is 1. The predicted molar refractivity (Wildman–Crippen MR) is 88.8 cm³/mol. The number of hydrogen-bond acceptors (Lipinski definition) is 4. The van der Waals surface area contributed by atoms with Gasteiger partial charge in [0.05, 0.1) is 11.8 Å². The molecule has 122 valence electrons. The zero-order valence-electron chi connectivity index (χ0n) is 12.4. The summed E-state index contributed by atoms with van der Waals surface area (Å²) in [6.45, 7) is 0.700. The summed E-state index contributed by atoms with van der Waals surface area (Å²) in [4.78, 5) is 14.1. The molecule has 1 aliphatic heterocycles. The predicted octanol–water partition coefficient (Wildman–Crippen LogP) is 1.65. The first-order chi connectivity index (χ1) is 11.1. The van der Waals surface area contributed by atoms with Gasteiger partial charge in [-0.05, 0) is 24.6 Å². The molecule has 2 aromatic rings. The van der Waals surface area contributed by atoms with Crippen LogP contribution in [0.3, 0.4) is 0 Å². The molecule has 2 heterocycles. The maximum absolute atomic E-state index is 12.5. The number of aliphatic hydroxyl groups excluding tert-OH is 2. The van der Waals surface area contributed by atoms with Crippen LogP contribution in [0.5, 0.6) is 0 Å². The molecule has 0 spiro atoms. The quantitative estimate of drug-likeness (QED) is 0.756. The van der Waals surface area contributed by atoms with Crippen LogP contribution in [0.4, 0.5) is 0 Å². The molecule has 1 fully saturated rings. The number of aliphatic hydroxyl groups is 2. The molecule has 0 bridgehead atoms. The largest absolute Gasteiger partial charge is 0.396 e. The third-order valence-corrected chi connectivity index (χ3v) is 4.72. The summed E-state index contributed by atoms with van der Waals surface area (Å²) in [5.74, 6) is -0.338. The Kier molecular flexibility index (Phi) is 4.79. The Hall–Kier alpha value is -1.70. The fourth-order valence-corrected chi connectivity index (χ4v) is 3.01. The molecule has 1 aliphatic rings. The topological polar surface area (TPSA) is 89.5 Å². The first-order valence-corrected chi connectivity index (χ1v) is 8.27. The van der Waals surface area contributed by atoms with E-state index in [0.29, 0.717) is 24.4 Å². The number of halogens is 1. The minimum atomic E-state index is -0.688. The van der Waals surface area contributed by atoms with E-state index in [1.165, 1.54) is 0 Å². The van der Waals surface area contributed by atoms with E-state index in [9.17, 15) is 9.90 Å². The number of piperidine rings is 1. The second kappa shape index (κ2) is 6.82. The molecule has 2 atom stereocenters. The third kappa shape index (κ3) is 3.46. The lowest BCUT2D eigenvalue weighted by molar-refractivity contribution is 0.000657. The number of nitrogens with one attached hydrogen (secondary N) is 1. The maximum atomic E-state index is 12.5. The molecule has 0 saturated carbocycles. The maximum Gasteiger partial charge on any atom is 0.271 e. The summed E-state index contributed by atoms with van der Waals surface area (Å²) in [6, 6.07) is 9.40. The lowest BCUT2D eigenvalue weighted by Gasteiger charge is -2.34. The number of carbonyl (C=O) groups is 1. The van der Waals surface area contributed by atoms with Crippen LogP contribution in [-0.2, 0) is 0 Å². The Morgan fingerprint density at radius 2 is 2.13 bits per heavy atom. The number of likely N-dealkylation sites (tertiary alicyclic amines) is 1. The molecule has 0 unspecified atom stereocenters. The Morgan fingerprint density at radius 3 is 2.78 bits per heavy atom. The Balaban J connectivity index is 1.73. The van der Waals surface area contributed by atoms with E-state index in [1.54, 1.807) is 11.0 Å². The standard InChI is InChI=1S/C16H18BrN3O3/c17-12-3-1-10(2-4-12)13-7-14(19-18-13)16(23)20-6-5-11(9-21)15(22)8-20/h1-4,7,11,15,21-22H,5-6,8-9H2,(H,18,19)/t11-,15+/m1/s1. The highest BCUT2D eigenvalue weighted by atomic mass is 79.9. The SMILES string of the molecule is O=C(c1cc(-c2ccc(Br)cc2)n[nH]1)N1CC[C@H](CO)[C@@H](O)C1. The summed E-state index contributed by atoms with van der Waals surface area (Å²) in [7, 11) is 0. The van der Waals surface area contributed by atoms with Crippen LogP contribution in [0.15, 0.2) is 34.8 Å². The number of amides is 1. The van der Waals surface area contributed by atoms with Crippen molar-refractivity contribution < 1.29 is 15.0 Å². The number of hydrogen-bond donors (Lipinski definition) is 3. The van der Waals surface area contributed by atoms with Crippen molar-refractivity contribution in [2.75, 3.05) is 19.7 Å². The Labute approximate surface area is 142 Å². The van der Waals surface area contributed by atoms with Crippen molar-refractivity contribution in [1.29, 1.82) is 0 Å². The van der Waals surface area contributed by atoms with Crippen LogP contribution >= 0.6 is 15.9 Å². The highest BCUT2D eigenvalue weighted by molar-refractivity contribution is 9.10. The van der Waals surface area contributed by atoms with Gasteiger partial charge in [-0.2, -0.15) is 5.10 Å². The van der Waals surface area contributed by atoms with Gasteiger partial charge >= 0.3 is 0 Å². The molecule has 1 aromatic heterocycles. The minimum Gasteiger partial charge on any atom is -0.396 e. The van der Waals surface area contributed by atoms with Gasteiger partial charge in [0.25, 0.3) is 5.91 Å². The second-order valence-electron chi connectivity index (χ2n) is 5.72. The van der Waals surface area contributed by atoms with Crippen LogP contribution in [0.2, 0.25) is 0 Å². The fourth-order valence-electron chi connectivity index (χ4n) is 2.75. The number of rotatable bonds is 3. The van der Waals surface area contributed by atoms with E-state index in [2.05, 4.69) is 26.1 Å². The summed E-state index contributed by atoms with van der Waals surface area (Å²) in [5.41, 5.74) is 2.02. The number of nitrogens with zero attached hydrogens (tertiary/aromatic N) is 2. The van der Waals surface area contributed by atoms with Crippen LogP contribution in [0, 0.1) is 5.92 Å². The van der Waals surface area contributed by atoms with Crippen molar-refractivity contribution in [3.8, 4) is 11.3 Å².